The van der Waals surface area contributed by atoms with Gasteiger partial charge in [-0.3, -0.25) is 14.8 Å². The van der Waals surface area contributed by atoms with Gasteiger partial charge in [-0.2, -0.15) is 0 Å². The Morgan fingerprint density at radius 1 is 1.19 bits per heavy atom. The Bertz CT molecular complexity index is 962. The number of dihydropyridines is 1. The number of amides is 1. The number of aromatic nitrogens is 1. The van der Waals surface area contributed by atoms with Gasteiger partial charge in [0.05, 0.1) is 17.8 Å². The van der Waals surface area contributed by atoms with Gasteiger partial charge in [-0.05, 0) is 43.5 Å². The SMILES string of the molecule is Cc1cc(-c2ccc(CN3CC4=NCCC=C4C3=O)c(F)c2)cnc1C. The topological polar surface area (TPSA) is 45.6 Å². The van der Waals surface area contributed by atoms with Crippen LogP contribution in [0, 0.1) is 19.7 Å². The van der Waals surface area contributed by atoms with Gasteiger partial charge in [0.15, 0.2) is 0 Å². The van der Waals surface area contributed by atoms with Gasteiger partial charge in [-0.1, -0.05) is 18.2 Å². The van der Waals surface area contributed by atoms with Crippen LogP contribution < -0.4 is 0 Å². The molecule has 2 aromatic rings. The molecule has 1 aromatic heterocycles. The van der Waals surface area contributed by atoms with Gasteiger partial charge in [-0.15, -0.1) is 0 Å². The number of aryl methyl sites for hydroxylation is 2. The second-order valence-corrected chi connectivity index (χ2v) is 6.83. The first-order chi connectivity index (χ1) is 12.5. The Balaban J connectivity index is 1.57. The van der Waals surface area contributed by atoms with E-state index in [-0.39, 0.29) is 18.3 Å². The molecule has 4 nitrogen and oxygen atoms in total. The summed E-state index contributed by atoms with van der Waals surface area (Å²) in [5, 5.41) is 0. The van der Waals surface area contributed by atoms with Crippen LogP contribution in [-0.4, -0.2) is 34.6 Å². The van der Waals surface area contributed by atoms with Crippen molar-refractivity contribution in [2.24, 2.45) is 4.99 Å². The van der Waals surface area contributed by atoms with E-state index in [9.17, 15) is 9.18 Å². The van der Waals surface area contributed by atoms with E-state index in [1.54, 1.807) is 17.2 Å². The molecule has 1 fully saturated rings. The molecule has 132 valence electrons. The quantitative estimate of drug-likeness (QED) is 0.850. The van der Waals surface area contributed by atoms with Gasteiger partial charge < -0.3 is 4.90 Å². The number of hydrogen-bond donors (Lipinski definition) is 0. The lowest BCUT2D eigenvalue weighted by atomic mass is 10.0. The van der Waals surface area contributed by atoms with Crippen LogP contribution in [0.3, 0.4) is 0 Å². The molecule has 1 aromatic carbocycles. The number of hydrogen-bond acceptors (Lipinski definition) is 3. The molecule has 3 heterocycles. The molecule has 0 radical (unpaired) electrons. The van der Waals surface area contributed by atoms with Gasteiger partial charge in [-0.25, -0.2) is 4.39 Å². The molecule has 0 N–H and O–H groups in total. The predicted molar refractivity (Wildman–Crippen MR) is 99.5 cm³/mol. The van der Waals surface area contributed by atoms with Crippen LogP contribution in [0.1, 0.15) is 23.2 Å². The summed E-state index contributed by atoms with van der Waals surface area (Å²) in [6.45, 7) is 5.39. The van der Waals surface area contributed by atoms with E-state index in [1.165, 1.54) is 6.07 Å². The highest BCUT2D eigenvalue weighted by Gasteiger charge is 2.32. The zero-order chi connectivity index (χ0) is 18.3. The molecule has 0 saturated carbocycles. The van der Waals surface area contributed by atoms with E-state index in [0.717, 1.165) is 41.1 Å². The van der Waals surface area contributed by atoms with Gasteiger partial charge in [0.2, 0.25) is 0 Å². The summed E-state index contributed by atoms with van der Waals surface area (Å²) in [4.78, 5) is 22.9. The van der Waals surface area contributed by atoms with E-state index in [0.29, 0.717) is 17.7 Å². The summed E-state index contributed by atoms with van der Waals surface area (Å²) >= 11 is 0. The molecule has 26 heavy (non-hydrogen) atoms. The lowest BCUT2D eigenvalue weighted by molar-refractivity contribution is -0.125. The number of rotatable bonds is 3. The molecule has 1 saturated heterocycles. The number of benzene rings is 1. The Morgan fingerprint density at radius 2 is 2.04 bits per heavy atom. The first kappa shape index (κ1) is 16.6. The van der Waals surface area contributed by atoms with E-state index in [4.69, 9.17) is 0 Å². The van der Waals surface area contributed by atoms with Crippen LogP contribution in [0.4, 0.5) is 4.39 Å². The van der Waals surface area contributed by atoms with Crippen molar-refractivity contribution in [2.45, 2.75) is 26.8 Å². The minimum Gasteiger partial charge on any atom is -0.328 e. The van der Waals surface area contributed by atoms with Gasteiger partial charge >= 0.3 is 0 Å². The van der Waals surface area contributed by atoms with E-state index in [2.05, 4.69) is 9.98 Å². The first-order valence-electron chi connectivity index (χ1n) is 8.78. The van der Waals surface area contributed by atoms with Crippen LogP contribution in [0.5, 0.6) is 0 Å². The van der Waals surface area contributed by atoms with Crippen LogP contribution in [0.25, 0.3) is 11.1 Å². The van der Waals surface area contributed by atoms with E-state index >= 15 is 0 Å². The maximum absolute atomic E-state index is 14.7. The first-order valence-corrected chi connectivity index (χ1v) is 8.78. The highest BCUT2D eigenvalue weighted by molar-refractivity contribution is 6.27. The molecule has 0 spiro atoms. The number of halogens is 1. The average molecular weight is 349 g/mol. The largest absolute Gasteiger partial charge is 0.328 e. The third kappa shape index (κ3) is 2.94. The summed E-state index contributed by atoms with van der Waals surface area (Å²) in [5.41, 5.74) is 5.76. The van der Waals surface area contributed by atoms with Crippen molar-refractivity contribution in [2.75, 3.05) is 13.1 Å². The smallest absolute Gasteiger partial charge is 0.256 e. The molecular formula is C21H20FN3O. The summed E-state index contributed by atoms with van der Waals surface area (Å²) in [7, 11) is 0. The highest BCUT2D eigenvalue weighted by atomic mass is 19.1. The standard InChI is InChI=1S/C21H20FN3O/c1-13-8-17(10-24-14(13)2)15-5-6-16(19(22)9-15)11-25-12-20-18(21(25)26)4-3-7-23-20/h4-6,8-10H,3,7,11-12H2,1-2H3. The number of likely N-dealkylation sites (tertiary alicyclic amines) is 1. The predicted octanol–water partition coefficient (Wildman–Crippen LogP) is 3.62. The maximum Gasteiger partial charge on any atom is 0.256 e. The molecule has 2 aliphatic heterocycles. The Kier molecular flexibility index (Phi) is 4.15. The number of nitrogens with zero attached hydrogens (tertiary/aromatic N) is 3. The molecule has 4 rings (SSSR count). The van der Waals surface area contributed by atoms with Crippen LogP contribution in [0.2, 0.25) is 0 Å². The Morgan fingerprint density at radius 3 is 2.77 bits per heavy atom. The van der Waals surface area contributed by atoms with Gasteiger partial charge in [0, 0.05) is 36.1 Å². The number of fused-ring (bicyclic) bond motifs is 1. The number of aliphatic imine (C=N–C) groups is 1. The molecule has 0 unspecified atom stereocenters. The van der Waals surface area contributed by atoms with Gasteiger partial charge in [0.1, 0.15) is 5.82 Å². The fraction of sp³-hybridized carbons (Fsp3) is 0.286. The lowest BCUT2D eigenvalue weighted by Crippen LogP contribution is -2.25. The maximum atomic E-state index is 14.7. The fourth-order valence-electron chi connectivity index (χ4n) is 3.37. The molecule has 5 heteroatoms. The van der Waals surface area contributed by atoms with Crippen LogP contribution in [-0.2, 0) is 11.3 Å². The highest BCUT2D eigenvalue weighted by Crippen LogP contribution is 2.26. The summed E-state index contributed by atoms with van der Waals surface area (Å²) in [6.07, 6.45) is 4.50. The normalized spacial score (nSPS) is 16.4. The molecular weight excluding hydrogens is 329 g/mol. The molecule has 2 aliphatic rings. The summed E-state index contributed by atoms with van der Waals surface area (Å²) in [6, 6.07) is 7.17. The van der Waals surface area contributed by atoms with Crippen molar-refractivity contribution in [3.05, 3.63) is 64.7 Å². The van der Waals surface area contributed by atoms with Crippen molar-refractivity contribution in [3.8, 4) is 11.1 Å². The zero-order valence-electron chi connectivity index (χ0n) is 14.9. The third-order valence-electron chi connectivity index (χ3n) is 5.04. The summed E-state index contributed by atoms with van der Waals surface area (Å²) in [5.74, 6) is -0.357. The minimum atomic E-state index is -0.306. The summed E-state index contributed by atoms with van der Waals surface area (Å²) < 4.78 is 14.7. The number of carbonyl (C=O) groups is 1. The minimum absolute atomic E-state index is 0.0507. The van der Waals surface area contributed by atoms with Crippen molar-refractivity contribution < 1.29 is 9.18 Å². The Labute approximate surface area is 152 Å². The third-order valence-corrected chi connectivity index (χ3v) is 5.04. The Hall–Kier alpha value is -2.82. The number of carbonyl (C=O) groups excluding carboxylic acids is 1. The van der Waals surface area contributed by atoms with Crippen molar-refractivity contribution in [1.29, 1.82) is 0 Å². The second kappa shape index (κ2) is 6.48. The molecule has 1 amide bonds. The fourth-order valence-corrected chi connectivity index (χ4v) is 3.37. The lowest BCUT2D eigenvalue weighted by Gasteiger charge is -2.16. The van der Waals surface area contributed by atoms with Crippen molar-refractivity contribution in [1.82, 2.24) is 9.88 Å². The second-order valence-electron chi connectivity index (χ2n) is 6.83. The van der Waals surface area contributed by atoms with E-state index in [1.807, 2.05) is 32.1 Å². The van der Waals surface area contributed by atoms with Crippen LogP contribution >= 0.6 is 0 Å². The van der Waals surface area contributed by atoms with E-state index < -0.39 is 0 Å². The monoisotopic (exact) mass is 349 g/mol. The van der Waals surface area contributed by atoms with Crippen molar-refractivity contribution in [3.63, 3.8) is 0 Å². The average Bonchev–Trinajstić information content (AvgIpc) is 2.95. The van der Waals surface area contributed by atoms with Crippen LogP contribution in [0.15, 0.2) is 47.1 Å². The zero-order valence-corrected chi connectivity index (χ0v) is 14.9. The molecule has 0 atom stereocenters. The van der Waals surface area contributed by atoms with Crippen molar-refractivity contribution >= 4 is 11.6 Å². The van der Waals surface area contributed by atoms with Gasteiger partial charge in [0.25, 0.3) is 5.91 Å². The molecule has 0 aliphatic carbocycles. The molecule has 0 bridgehead atoms. The number of pyridine rings is 1.